The van der Waals surface area contributed by atoms with Gasteiger partial charge in [0.2, 0.25) is 5.91 Å². The molecule has 2 N–H and O–H groups in total. The van der Waals surface area contributed by atoms with Gasteiger partial charge in [-0.25, -0.2) is 0 Å². The van der Waals surface area contributed by atoms with E-state index >= 15 is 0 Å². The molecule has 1 aliphatic carbocycles. The van der Waals surface area contributed by atoms with Crippen LogP contribution in [0.5, 0.6) is 0 Å². The van der Waals surface area contributed by atoms with E-state index in [9.17, 15) is 4.79 Å². The summed E-state index contributed by atoms with van der Waals surface area (Å²) < 4.78 is 0. The number of thioether (sulfide) groups is 1. The zero-order chi connectivity index (χ0) is 13.2. The summed E-state index contributed by atoms with van der Waals surface area (Å²) in [5, 5.41) is 6.55. The summed E-state index contributed by atoms with van der Waals surface area (Å²) in [6.45, 7) is 2.34. The van der Waals surface area contributed by atoms with Gasteiger partial charge in [0, 0.05) is 16.6 Å². The SMILES string of the molecule is CC1CCC(Nc2ccc3c(c2)NC(=O)CS3)CC1. The minimum Gasteiger partial charge on any atom is -0.382 e. The van der Waals surface area contributed by atoms with Gasteiger partial charge in [0.15, 0.2) is 0 Å². The molecule has 3 rings (SSSR count). The van der Waals surface area contributed by atoms with Crippen LogP contribution in [0.1, 0.15) is 32.6 Å². The maximum atomic E-state index is 11.4. The molecule has 1 aliphatic heterocycles. The van der Waals surface area contributed by atoms with Crippen LogP contribution in [0.25, 0.3) is 0 Å². The Morgan fingerprint density at radius 2 is 2.05 bits per heavy atom. The van der Waals surface area contributed by atoms with Crippen molar-refractivity contribution in [3.8, 4) is 0 Å². The van der Waals surface area contributed by atoms with Crippen molar-refractivity contribution in [1.29, 1.82) is 0 Å². The van der Waals surface area contributed by atoms with Crippen molar-refractivity contribution in [2.45, 2.75) is 43.5 Å². The first-order chi connectivity index (χ1) is 9.20. The van der Waals surface area contributed by atoms with E-state index in [1.807, 2.05) is 0 Å². The third-order valence-corrected chi connectivity index (χ3v) is 5.07. The molecule has 3 nitrogen and oxygen atoms in total. The summed E-state index contributed by atoms with van der Waals surface area (Å²) in [6, 6.07) is 6.88. The molecule has 1 heterocycles. The predicted octanol–water partition coefficient (Wildman–Crippen LogP) is 3.72. The van der Waals surface area contributed by atoms with Crippen molar-refractivity contribution in [2.75, 3.05) is 16.4 Å². The second-order valence-corrected chi connectivity index (χ2v) is 6.67. The summed E-state index contributed by atoms with van der Waals surface area (Å²) in [5.74, 6) is 1.50. The number of anilines is 2. The number of hydrogen-bond donors (Lipinski definition) is 2. The lowest BCUT2D eigenvalue weighted by atomic mass is 9.87. The lowest BCUT2D eigenvalue weighted by molar-refractivity contribution is -0.113. The Labute approximate surface area is 118 Å². The molecule has 1 amide bonds. The first-order valence-electron chi connectivity index (χ1n) is 7.04. The maximum Gasteiger partial charge on any atom is 0.234 e. The molecule has 4 heteroatoms. The predicted molar refractivity (Wildman–Crippen MR) is 80.8 cm³/mol. The van der Waals surface area contributed by atoms with E-state index in [2.05, 4.69) is 35.8 Å². The molecule has 1 aromatic rings. The van der Waals surface area contributed by atoms with Gasteiger partial charge in [-0.05, 0) is 49.8 Å². The summed E-state index contributed by atoms with van der Waals surface area (Å²) in [6.07, 6.45) is 5.13. The number of carbonyl (C=O) groups is 1. The zero-order valence-electron chi connectivity index (χ0n) is 11.2. The van der Waals surface area contributed by atoms with E-state index in [4.69, 9.17) is 0 Å². The topological polar surface area (TPSA) is 41.1 Å². The van der Waals surface area contributed by atoms with E-state index in [0.717, 1.165) is 17.3 Å². The highest BCUT2D eigenvalue weighted by Crippen LogP contribution is 2.34. The highest BCUT2D eigenvalue weighted by atomic mass is 32.2. The van der Waals surface area contributed by atoms with Crippen molar-refractivity contribution in [1.82, 2.24) is 0 Å². The van der Waals surface area contributed by atoms with E-state index in [0.29, 0.717) is 11.8 Å². The zero-order valence-corrected chi connectivity index (χ0v) is 12.1. The van der Waals surface area contributed by atoms with Crippen LogP contribution < -0.4 is 10.6 Å². The quantitative estimate of drug-likeness (QED) is 0.865. The number of fused-ring (bicyclic) bond motifs is 1. The van der Waals surface area contributed by atoms with E-state index in [1.165, 1.54) is 30.6 Å². The Hall–Kier alpha value is -1.16. The third-order valence-electron chi connectivity index (χ3n) is 4.00. The van der Waals surface area contributed by atoms with Gasteiger partial charge in [0.05, 0.1) is 11.4 Å². The van der Waals surface area contributed by atoms with Gasteiger partial charge < -0.3 is 10.6 Å². The van der Waals surface area contributed by atoms with E-state index in [-0.39, 0.29) is 5.91 Å². The van der Waals surface area contributed by atoms with Crippen molar-refractivity contribution in [2.24, 2.45) is 5.92 Å². The molecule has 19 heavy (non-hydrogen) atoms. The monoisotopic (exact) mass is 276 g/mol. The second-order valence-electron chi connectivity index (χ2n) is 5.65. The minimum atomic E-state index is 0.0983. The first-order valence-corrected chi connectivity index (χ1v) is 8.02. The van der Waals surface area contributed by atoms with E-state index in [1.54, 1.807) is 11.8 Å². The highest BCUT2D eigenvalue weighted by Gasteiger charge is 2.19. The van der Waals surface area contributed by atoms with Crippen molar-refractivity contribution >= 4 is 29.0 Å². The Morgan fingerprint density at radius 3 is 2.84 bits per heavy atom. The number of rotatable bonds is 2. The molecule has 2 aliphatic rings. The standard InChI is InChI=1S/C15H20N2OS/c1-10-2-4-11(5-3-10)16-12-6-7-14-13(8-12)17-15(18)9-19-14/h6-8,10-11,16H,2-5,9H2,1H3,(H,17,18). The molecule has 0 unspecified atom stereocenters. The Balaban J connectivity index is 1.68. The van der Waals surface area contributed by atoms with E-state index < -0.39 is 0 Å². The summed E-state index contributed by atoms with van der Waals surface area (Å²) in [4.78, 5) is 12.6. The molecule has 0 atom stereocenters. The summed E-state index contributed by atoms with van der Waals surface area (Å²) in [5.41, 5.74) is 2.08. The number of amides is 1. The first kappa shape index (κ1) is 12.9. The minimum absolute atomic E-state index is 0.0983. The molecule has 0 saturated heterocycles. The second kappa shape index (κ2) is 5.45. The molecule has 0 aromatic heterocycles. The largest absolute Gasteiger partial charge is 0.382 e. The number of carbonyl (C=O) groups excluding carboxylic acids is 1. The van der Waals surface area contributed by atoms with Crippen LogP contribution >= 0.6 is 11.8 Å². The van der Waals surface area contributed by atoms with Crippen molar-refractivity contribution in [3.63, 3.8) is 0 Å². The number of nitrogens with one attached hydrogen (secondary N) is 2. The average Bonchev–Trinajstić information content (AvgIpc) is 2.41. The average molecular weight is 276 g/mol. The molecule has 102 valence electrons. The molecule has 1 fully saturated rings. The van der Waals surface area contributed by atoms with Crippen molar-refractivity contribution in [3.05, 3.63) is 18.2 Å². The fourth-order valence-corrected chi connectivity index (χ4v) is 3.60. The smallest absolute Gasteiger partial charge is 0.234 e. The molecular formula is C15H20N2OS. The van der Waals surface area contributed by atoms with Gasteiger partial charge in [0.25, 0.3) is 0 Å². The van der Waals surface area contributed by atoms with Crippen LogP contribution in [0, 0.1) is 5.92 Å². The molecule has 0 radical (unpaired) electrons. The molecular weight excluding hydrogens is 256 g/mol. The summed E-state index contributed by atoms with van der Waals surface area (Å²) in [7, 11) is 0. The Bertz CT molecular complexity index is 481. The Kier molecular flexibility index (Phi) is 3.69. The number of benzene rings is 1. The van der Waals surface area contributed by atoms with Crippen molar-refractivity contribution < 1.29 is 4.79 Å². The fraction of sp³-hybridized carbons (Fsp3) is 0.533. The van der Waals surface area contributed by atoms with Crippen LogP contribution in [0.3, 0.4) is 0 Å². The molecule has 0 bridgehead atoms. The van der Waals surface area contributed by atoms with Gasteiger partial charge in [0.1, 0.15) is 0 Å². The van der Waals surface area contributed by atoms with Gasteiger partial charge in [-0.1, -0.05) is 6.92 Å². The fourth-order valence-electron chi connectivity index (χ4n) is 2.81. The molecule has 1 aromatic carbocycles. The van der Waals surface area contributed by atoms with Crippen LogP contribution in [0.2, 0.25) is 0 Å². The van der Waals surface area contributed by atoms with Gasteiger partial charge in [-0.15, -0.1) is 11.8 Å². The lowest BCUT2D eigenvalue weighted by Crippen LogP contribution is -2.25. The molecule has 1 saturated carbocycles. The highest BCUT2D eigenvalue weighted by molar-refractivity contribution is 8.00. The Morgan fingerprint density at radius 1 is 1.26 bits per heavy atom. The third kappa shape index (κ3) is 3.06. The molecule has 0 spiro atoms. The van der Waals surface area contributed by atoms with Gasteiger partial charge in [-0.2, -0.15) is 0 Å². The normalized spacial score (nSPS) is 26.5. The van der Waals surface area contributed by atoms with Crippen LogP contribution in [0.4, 0.5) is 11.4 Å². The lowest BCUT2D eigenvalue weighted by Gasteiger charge is -2.28. The maximum absolute atomic E-state index is 11.4. The van der Waals surface area contributed by atoms with Crippen LogP contribution in [0.15, 0.2) is 23.1 Å². The van der Waals surface area contributed by atoms with Gasteiger partial charge >= 0.3 is 0 Å². The number of hydrogen-bond acceptors (Lipinski definition) is 3. The van der Waals surface area contributed by atoms with Crippen LogP contribution in [-0.2, 0) is 4.79 Å². The summed E-state index contributed by atoms with van der Waals surface area (Å²) >= 11 is 1.61. The van der Waals surface area contributed by atoms with Gasteiger partial charge in [-0.3, -0.25) is 4.79 Å². The van der Waals surface area contributed by atoms with Crippen LogP contribution in [-0.4, -0.2) is 17.7 Å².